The lowest BCUT2D eigenvalue weighted by atomic mass is 9.99. The Morgan fingerprint density at radius 1 is 0.304 bits per heavy atom. The third-order valence-corrected chi connectivity index (χ3v) is 19.9. The van der Waals surface area contributed by atoms with Crippen LogP contribution in [0.5, 0.6) is 0 Å². The van der Waals surface area contributed by atoms with E-state index in [0.717, 1.165) is 108 Å². The van der Waals surface area contributed by atoms with Crippen molar-refractivity contribution in [2.24, 2.45) is 17.8 Å². The van der Waals surface area contributed by atoms with Gasteiger partial charge in [0, 0.05) is 25.7 Å². The lowest BCUT2D eigenvalue weighted by molar-refractivity contribution is -0.161. The minimum absolute atomic E-state index is 0.104. The van der Waals surface area contributed by atoms with E-state index >= 15 is 0 Å². The van der Waals surface area contributed by atoms with E-state index in [-0.39, 0.29) is 25.7 Å². The number of carbonyl (C=O) groups excluding carboxylic acids is 4. The second-order valence-electron chi connectivity index (χ2n) is 27.1. The highest BCUT2D eigenvalue weighted by Crippen LogP contribution is 2.45. The van der Waals surface area contributed by atoms with Gasteiger partial charge in [-0.05, 0) is 43.4 Å². The van der Waals surface area contributed by atoms with Crippen molar-refractivity contribution in [1.29, 1.82) is 0 Å². The maximum Gasteiger partial charge on any atom is 0.472 e. The number of hydrogen-bond donors (Lipinski definition) is 3. The number of phosphoric ester groups is 2. The van der Waals surface area contributed by atoms with E-state index in [1.807, 2.05) is 0 Å². The summed E-state index contributed by atoms with van der Waals surface area (Å²) in [7, 11) is -9.91. The zero-order valence-electron chi connectivity index (χ0n) is 60.0. The van der Waals surface area contributed by atoms with E-state index in [4.69, 9.17) is 37.0 Å². The summed E-state index contributed by atoms with van der Waals surface area (Å²) in [5.74, 6) is 0.202. The Morgan fingerprint density at radius 2 is 0.522 bits per heavy atom. The predicted molar refractivity (Wildman–Crippen MR) is 372 cm³/mol. The average molecular weight is 1350 g/mol. The van der Waals surface area contributed by atoms with Gasteiger partial charge in [-0.1, -0.05) is 318 Å². The van der Waals surface area contributed by atoms with Crippen LogP contribution in [0.1, 0.15) is 370 Å². The van der Waals surface area contributed by atoms with Crippen molar-refractivity contribution in [3.05, 3.63) is 0 Å². The average Bonchev–Trinajstić information content (AvgIpc) is 3.75. The van der Waals surface area contributed by atoms with Crippen LogP contribution in [0.25, 0.3) is 0 Å². The zero-order valence-corrected chi connectivity index (χ0v) is 61.8. The molecule has 3 N–H and O–H groups in total. The normalized spacial score (nSPS) is 15.0. The molecule has 17 nitrogen and oxygen atoms in total. The van der Waals surface area contributed by atoms with Crippen molar-refractivity contribution in [3.63, 3.8) is 0 Å². The van der Waals surface area contributed by atoms with Crippen LogP contribution in [0, 0.1) is 17.8 Å². The van der Waals surface area contributed by atoms with E-state index in [2.05, 4.69) is 48.5 Å². The molecule has 8 atom stereocenters. The molecule has 0 radical (unpaired) electrons. The maximum absolute atomic E-state index is 13.1. The smallest absolute Gasteiger partial charge is 0.462 e. The van der Waals surface area contributed by atoms with Gasteiger partial charge in [0.1, 0.15) is 19.3 Å². The maximum atomic E-state index is 13.1. The number of carbonyl (C=O) groups is 4. The summed E-state index contributed by atoms with van der Waals surface area (Å²) in [6.45, 7) is 11.9. The minimum atomic E-state index is -4.95. The van der Waals surface area contributed by atoms with Crippen LogP contribution in [0.15, 0.2) is 0 Å². The molecule has 92 heavy (non-hydrogen) atoms. The number of hydrogen-bond acceptors (Lipinski definition) is 15. The molecule has 0 aliphatic carbocycles. The van der Waals surface area contributed by atoms with Gasteiger partial charge in [-0.2, -0.15) is 0 Å². The second kappa shape index (κ2) is 63.8. The molecular formula is C73H142O17P2. The van der Waals surface area contributed by atoms with Crippen LogP contribution in [-0.2, 0) is 65.4 Å². The van der Waals surface area contributed by atoms with Crippen LogP contribution >= 0.6 is 15.6 Å². The monoisotopic (exact) mass is 1350 g/mol. The number of unbranched alkanes of at least 4 members (excludes halogenated alkanes) is 36. The van der Waals surface area contributed by atoms with Gasteiger partial charge < -0.3 is 33.8 Å². The molecule has 0 aliphatic rings. The zero-order chi connectivity index (χ0) is 68.0. The Hall–Kier alpha value is -1.94. The molecule has 0 saturated heterocycles. The van der Waals surface area contributed by atoms with E-state index < -0.39 is 97.5 Å². The van der Waals surface area contributed by atoms with E-state index in [9.17, 15) is 43.2 Å². The van der Waals surface area contributed by atoms with Gasteiger partial charge in [0.2, 0.25) is 0 Å². The van der Waals surface area contributed by atoms with Crippen molar-refractivity contribution in [1.82, 2.24) is 0 Å². The van der Waals surface area contributed by atoms with Crippen molar-refractivity contribution in [2.45, 2.75) is 388 Å². The summed E-state index contributed by atoms with van der Waals surface area (Å²) >= 11 is 0. The molecule has 0 aromatic rings. The summed E-state index contributed by atoms with van der Waals surface area (Å²) < 4.78 is 68.4. The van der Waals surface area contributed by atoms with Gasteiger partial charge in [0.05, 0.1) is 26.4 Å². The van der Waals surface area contributed by atoms with Crippen molar-refractivity contribution in [2.75, 3.05) is 39.6 Å². The molecule has 19 heteroatoms. The fourth-order valence-electron chi connectivity index (χ4n) is 11.0. The largest absolute Gasteiger partial charge is 0.472 e. The van der Waals surface area contributed by atoms with Gasteiger partial charge >= 0.3 is 39.5 Å². The standard InChI is InChI=1S/C73H142O17P2/c1-8-12-13-14-15-16-17-18-19-20-21-22-23-35-42-49-56-72(77)89-68(60-83-70(75)54-47-40-33-27-24-30-37-44-51-64(5)9-2)62-87-91(79,80)85-58-67(74)59-86-92(81,82)88-63-69(90-73(78)57-50-43-36-29-26-32-39-46-53-66(7)11-4)61-84-71(76)55-48-41-34-28-25-31-38-45-52-65(6)10-3/h64-69,74H,8-63H2,1-7H3,(H,79,80)(H,81,82)/t64?,65?,66?,67-,68-,69-/m1/s1. The van der Waals surface area contributed by atoms with Gasteiger partial charge in [-0.15, -0.1) is 0 Å². The molecular weight excluding hydrogens is 1210 g/mol. The molecule has 5 unspecified atom stereocenters. The Bertz CT molecular complexity index is 1810. The first-order chi connectivity index (χ1) is 44.3. The highest BCUT2D eigenvalue weighted by Gasteiger charge is 2.30. The molecule has 0 amide bonds. The first-order valence-corrected chi connectivity index (χ1v) is 41.0. The number of aliphatic hydroxyl groups excluding tert-OH is 1. The number of esters is 4. The van der Waals surface area contributed by atoms with Gasteiger partial charge in [0.25, 0.3) is 0 Å². The summed E-state index contributed by atoms with van der Waals surface area (Å²) in [4.78, 5) is 72.7. The SMILES string of the molecule is CCCCCCCCCCCCCCCCCCC(=O)O[C@H](COC(=O)CCCCCCCCCCC(C)CC)COP(=O)(O)OC[C@@H](O)COP(=O)(O)OC[C@@H](COC(=O)CCCCCCCCCCC(C)CC)OC(=O)CCCCCCCCCCC(C)CC. The summed E-state index contributed by atoms with van der Waals surface area (Å²) in [6.07, 6.45) is 48.4. The van der Waals surface area contributed by atoms with Crippen LogP contribution in [-0.4, -0.2) is 96.7 Å². The molecule has 0 aromatic carbocycles. The molecule has 0 spiro atoms. The second-order valence-corrected chi connectivity index (χ2v) is 30.0. The topological polar surface area (TPSA) is 237 Å². The van der Waals surface area contributed by atoms with E-state index in [1.165, 1.54) is 180 Å². The highest BCUT2D eigenvalue weighted by atomic mass is 31.2. The molecule has 0 saturated carbocycles. The first-order valence-electron chi connectivity index (χ1n) is 38.0. The summed E-state index contributed by atoms with van der Waals surface area (Å²) in [5, 5.41) is 10.6. The third kappa shape index (κ3) is 62.8. The third-order valence-electron chi connectivity index (χ3n) is 18.0. The van der Waals surface area contributed by atoms with Crippen molar-refractivity contribution in [3.8, 4) is 0 Å². The summed E-state index contributed by atoms with van der Waals surface area (Å²) in [6, 6.07) is 0. The Morgan fingerprint density at radius 3 is 0.772 bits per heavy atom. The molecule has 0 aromatic heterocycles. The van der Waals surface area contributed by atoms with Crippen LogP contribution < -0.4 is 0 Å². The first kappa shape index (κ1) is 90.1. The van der Waals surface area contributed by atoms with Crippen molar-refractivity contribution >= 4 is 39.5 Å². The molecule has 0 aliphatic heterocycles. The Kier molecular flexibility index (Phi) is 62.4. The minimum Gasteiger partial charge on any atom is -0.462 e. The van der Waals surface area contributed by atoms with E-state index in [0.29, 0.717) is 25.7 Å². The Labute approximate surface area is 562 Å². The number of aliphatic hydroxyl groups is 1. The fourth-order valence-corrected chi connectivity index (χ4v) is 12.6. The highest BCUT2D eigenvalue weighted by molar-refractivity contribution is 7.47. The molecule has 0 rings (SSSR count). The quantitative estimate of drug-likeness (QED) is 0.0222. The lowest BCUT2D eigenvalue weighted by Crippen LogP contribution is -2.30. The van der Waals surface area contributed by atoms with Crippen LogP contribution in [0.3, 0.4) is 0 Å². The van der Waals surface area contributed by atoms with E-state index in [1.54, 1.807) is 0 Å². The predicted octanol–water partition coefficient (Wildman–Crippen LogP) is 21.0. The number of phosphoric acid groups is 2. The van der Waals surface area contributed by atoms with Crippen molar-refractivity contribution < 1.29 is 80.2 Å². The fraction of sp³-hybridized carbons (Fsp3) is 0.945. The number of ether oxygens (including phenoxy) is 4. The summed E-state index contributed by atoms with van der Waals surface area (Å²) in [5.41, 5.74) is 0. The molecule has 0 bridgehead atoms. The lowest BCUT2D eigenvalue weighted by Gasteiger charge is -2.21. The van der Waals surface area contributed by atoms with Gasteiger partial charge in [-0.3, -0.25) is 37.3 Å². The molecule has 546 valence electrons. The molecule has 0 heterocycles. The van der Waals surface area contributed by atoms with Gasteiger partial charge in [-0.25, -0.2) is 9.13 Å². The Balaban J connectivity index is 5.27. The van der Waals surface area contributed by atoms with Crippen LogP contribution in [0.4, 0.5) is 0 Å². The van der Waals surface area contributed by atoms with Gasteiger partial charge in [0.15, 0.2) is 12.2 Å². The molecule has 0 fully saturated rings. The number of rotatable bonds is 71. The van der Waals surface area contributed by atoms with Crippen LogP contribution in [0.2, 0.25) is 0 Å².